The van der Waals surface area contributed by atoms with Crippen molar-refractivity contribution in [2.45, 2.75) is 79.1 Å². The van der Waals surface area contributed by atoms with Gasteiger partial charge in [0.2, 0.25) is 0 Å². The minimum Gasteiger partial charge on any atom is -0.504 e. The fraction of sp³-hybridized carbons (Fsp3) is 0.480. The molecule has 0 aromatic heterocycles. The summed E-state index contributed by atoms with van der Waals surface area (Å²) in [7, 11) is 0. The first-order chi connectivity index (χ1) is 13.8. The molecule has 0 fully saturated rings. The van der Waals surface area contributed by atoms with Crippen molar-refractivity contribution in [3.05, 3.63) is 58.2 Å². The first-order valence-electron chi connectivity index (χ1n) is 10.5. The second kappa shape index (κ2) is 12.9. The number of hydrogen-bond acceptors (Lipinski definition) is 3. The third-order valence-electron chi connectivity index (χ3n) is 4.91. The van der Waals surface area contributed by atoms with Crippen LogP contribution in [0.5, 0.6) is 11.5 Å². The number of carbonyl (C=O) groups is 1. The highest BCUT2D eigenvalue weighted by molar-refractivity contribution is 5.91. The summed E-state index contributed by atoms with van der Waals surface area (Å²) in [5, 5.41) is 30.5. The van der Waals surface area contributed by atoms with Crippen LogP contribution in [0.25, 0.3) is 0 Å². The molecule has 0 bridgehead atoms. The van der Waals surface area contributed by atoms with Gasteiger partial charge in [0, 0.05) is 11.1 Å². The Morgan fingerprint density at radius 3 is 2.31 bits per heavy atom. The fourth-order valence-corrected chi connectivity index (χ4v) is 3.11. The van der Waals surface area contributed by atoms with Gasteiger partial charge in [0.05, 0.1) is 5.56 Å². The van der Waals surface area contributed by atoms with Gasteiger partial charge in [0.25, 0.3) is 0 Å². The molecular weight excluding hydrogens is 364 g/mol. The van der Waals surface area contributed by atoms with Crippen molar-refractivity contribution >= 4 is 5.97 Å². The zero-order chi connectivity index (χ0) is 21.8. The molecule has 29 heavy (non-hydrogen) atoms. The third kappa shape index (κ3) is 8.59. The summed E-state index contributed by atoms with van der Waals surface area (Å²) in [5.74, 6) is -1.65. The summed E-state index contributed by atoms with van der Waals surface area (Å²) in [6.07, 6.45) is 14.9. The molecule has 0 amide bonds. The van der Waals surface area contributed by atoms with Gasteiger partial charge in [-0.15, -0.1) is 0 Å². The van der Waals surface area contributed by atoms with E-state index < -0.39 is 5.97 Å². The van der Waals surface area contributed by atoms with Crippen LogP contribution < -0.4 is 0 Å². The van der Waals surface area contributed by atoms with Gasteiger partial charge in [0.15, 0.2) is 11.5 Å². The number of allylic oxidation sites excluding steroid dienone is 6. The van der Waals surface area contributed by atoms with Crippen molar-refractivity contribution < 1.29 is 20.1 Å². The lowest BCUT2D eigenvalue weighted by atomic mass is 9.96. The first kappa shape index (κ1) is 24.5. The van der Waals surface area contributed by atoms with E-state index in [9.17, 15) is 20.1 Å². The van der Waals surface area contributed by atoms with Crippen LogP contribution in [0.3, 0.4) is 0 Å². The van der Waals surface area contributed by atoms with Gasteiger partial charge in [-0.2, -0.15) is 0 Å². The van der Waals surface area contributed by atoms with Crippen molar-refractivity contribution in [1.29, 1.82) is 0 Å². The summed E-state index contributed by atoms with van der Waals surface area (Å²) >= 11 is 0. The van der Waals surface area contributed by atoms with E-state index in [-0.39, 0.29) is 29.0 Å². The second-order valence-corrected chi connectivity index (χ2v) is 7.81. The van der Waals surface area contributed by atoms with Crippen molar-refractivity contribution in [2.75, 3.05) is 0 Å². The number of rotatable bonds is 12. The predicted molar refractivity (Wildman–Crippen MR) is 120 cm³/mol. The Kier molecular flexibility index (Phi) is 10.9. The van der Waals surface area contributed by atoms with Crippen molar-refractivity contribution in [2.24, 2.45) is 0 Å². The highest BCUT2D eigenvalue weighted by Crippen LogP contribution is 2.36. The standard InChI is InChI=1S/C25H36O4/c1-5-6-7-8-9-10-14-20-17-22(25(28)29)21(24(27)23(20)26)16-15-19(4)13-11-12-18(2)3/h9-10,12,15,17,26-27H,5-8,11,13-14,16H2,1-4H3,(H,28,29)/b10-9+,19-15+. The summed E-state index contributed by atoms with van der Waals surface area (Å²) in [4.78, 5) is 11.7. The van der Waals surface area contributed by atoms with Crippen LogP contribution in [0.4, 0.5) is 0 Å². The van der Waals surface area contributed by atoms with Gasteiger partial charge in [0.1, 0.15) is 0 Å². The van der Waals surface area contributed by atoms with Crippen LogP contribution in [0.2, 0.25) is 0 Å². The molecule has 0 aliphatic heterocycles. The van der Waals surface area contributed by atoms with Gasteiger partial charge in [-0.25, -0.2) is 4.79 Å². The van der Waals surface area contributed by atoms with Crippen LogP contribution in [-0.2, 0) is 12.8 Å². The van der Waals surface area contributed by atoms with E-state index in [2.05, 4.69) is 26.8 Å². The smallest absolute Gasteiger partial charge is 0.336 e. The molecule has 3 N–H and O–H groups in total. The van der Waals surface area contributed by atoms with Gasteiger partial charge in [-0.1, -0.05) is 55.2 Å². The van der Waals surface area contributed by atoms with Crippen LogP contribution in [0.1, 0.15) is 87.7 Å². The Morgan fingerprint density at radius 1 is 0.966 bits per heavy atom. The van der Waals surface area contributed by atoms with E-state index in [1.54, 1.807) is 0 Å². The number of benzene rings is 1. The second-order valence-electron chi connectivity index (χ2n) is 7.81. The molecule has 1 aromatic carbocycles. The van der Waals surface area contributed by atoms with E-state index in [1.807, 2.05) is 25.2 Å². The van der Waals surface area contributed by atoms with Gasteiger partial charge in [-0.3, -0.25) is 0 Å². The molecule has 0 aliphatic rings. The largest absolute Gasteiger partial charge is 0.504 e. The molecule has 0 spiro atoms. The number of hydrogen-bond donors (Lipinski definition) is 3. The van der Waals surface area contributed by atoms with E-state index >= 15 is 0 Å². The Morgan fingerprint density at radius 2 is 1.69 bits per heavy atom. The molecule has 0 heterocycles. The topological polar surface area (TPSA) is 77.8 Å². The fourth-order valence-electron chi connectivity index (χ4n) is 3.11. The van der Waals surface area contributed by atoms with Crippen molar-refractivity contribution in [3.63, 3.8) is 0 Å². The molecule has 1 aromatic rings. The third-order valence-corrected chi connectivity index (χ3v) is 4.91. The lowest BCUT2D eigenvalue weighted by molar-refractivity contribution is 0.0695. The summed E-state index contributed by atoms with van der Waals surface area (Å²) in [5.41, 5.74) is 3.12. The summed E-state index contributed by atoms with van der Waals surface area (Å²) in [6.45, 7) is 8.26. The number of phenols is 2. The average Bonchev–Trinajstić information content (AvgIpc) is 2.66. The van der Waals surface area contributed by atoms with E-state index in [1.165, 1.54) is 18.1 Å². The molecule has 4 heteroatoms. The first-order valence-corrected chi connectivity index (χ1v) is 10.5. The molecule has 0 atom stereocenters. The molecule has 4 nitrogen and oxygen atoms in total. The van der Waals surface area contributed by atoms with Crippen molar-refractivity contribution in [1.82, 2.24) is 0 Å². The predicted octanol–water partition coefficient (Wildman–Crippen LogP) is 6.71. The lowest BCUT2D eigenvalue weighted by Crippen LogP contribution is -2.04. The number of aromatic hydroxyl groups is 2. The zero-order valence-corrected chi connectivity index (χ0v) is 18.3. The van der Waals surface area contributed by atoms with Crippen LogP contribution >= 0.6 is 0 Å². The van der Waals surface area contributed by atoms with E-state index in [0.717, 1.165) is 37.7 Å². The summed E-state index contributed by atoms with van der Waals surface area (Å²) < 4.78 is 0. The monoisotopic (exact) mass is 400 g/mol. The number of carboxylic acid groups (broad SMARTS) is 1. The van der Waals surface area contributed by atoms with Gasteiger partial charge in [-0.05, 0) is 65.4 Å². The minimum absolute atomic E-state index is 0.0445. The number of phenolic OH excluding ortho intramolecular Hbond substituents is 2. The Balaban J connectivity index is 2.97. The quantitative estimate of drug-likeness (QED) is 0.207. The Labute approximate surface area is 175 Å². The van der Waals surface area contributed by atoms with E-state index in [4.69, 9.17) is 0 Å². The molecule has 0 unspecified atom stereocenters. The van der Waals surface area contributed by atoms with Crippen LogP contribution in [-0.4, -0.2) is 21.3 Å². The number of carboxylic acids is 1. The van der Waals surface area contributed by atoms with Crippen molar-refractivity contribution in [3.8, 4) is 11.5 Å². The number of aromatic carboxylic acids is 1. The Bertz CT molecular complexity index is 766. The molecular formula is C25H36O4. The maximum Gasteiger partial charge on any atom is 0.336 e. The van der Waals surface area contributed by atoms with Crippen LogP contribution in [0.15, 0.2) is 41.5 Å². The highest BCUT2D eigenvalue weighted by Gasteiger charge is 2.20. The van der Waals surface area contributed by atoms with E-state index in [0.29, 0.717) is 12.0 Å². The number of unbranched alkanes of at least 4 members (excludes halogenated alkanes) is 3. The van der Waals surface area contributed by atoms with Gasteiger partial charge < -0.3 is 15.3 Å². The maximum atomic E-state index is 11.7. The minimum atomic E-state index is -1.10. The molecule has 0 radical (unpaired) electrons. The molecule has 160 valence electrons. The van der Waals surface area contributed by atoms with Gasteiger partial charge >= 0.3 is 5.97 Å². The lowest BCUT2D eigenvalue weighted by Gasteiger charge is -2.13. The Hall–Kier alpha value is -2.49. The maximum absolute atomic E-state index is 11.7. The zero-order valence-electron chi connectivity index (χ0n) is 18.3. The molecule has 0 saturated heterocycles. The van der Waals surface area contributed by atoms with Crippen LogP contribution in [0, 0.1) is 0 Å². The average molecular weight is 401 g/mol. The molecule has 0 aliphatic carbocycles. The SMILES string of the molecule is CCCCC/C=C/Cc1cc(C(=O)O)c(C/C=C(\C)CCC=C(C)C)c(O)c1O. The summed E-state index contributed by atoms with van der Waals surface area (Å²) in [6, 6.07) is 1.48. The molecule has 0 saturated carbocycles. The normalized spacial score (nSPS) is 11.8. The highest BCUT2D eigenvalue weighted by atomic mass is 16.4. The molecule has 1 rings (SSSR count).